The van der Waals surface area contributed by atoms with Gasteiger partial charge in [0.25, 0.3) is 11.4 Å². The number of amides is 2. The first-order valence-electron chi connectivity index (χ1n) is 11.2. The van der Waals surface area contributed by atoms with Crippen molar-refractivity contribution in [1.29, 1.82) is 0 Å². The lowest BCUT2D eigenvalue weighted by molar-refractivity contribution is -0.385. The lowest BCUT2D eigenvalue weighted by atomic mass is 10.1. The first kappa shape index (κ1) is 25.0. The lowest BCUT2D eigenvalue weighted by Crippen LogP contribution is -2.57. The molecule has 2 aliphatic rings. The van der Waals surface area contributed by atoms with Crippen molar-refractivity contribution in [2.75, 3.05) is 62.2 Å². The molecule has 2 fully saturated rings. The number of rotatable bonds is 4. The van der Waals surface area contributed by atoms with Crippen LogP contribution in [0.5, 0.6) is 0 Å². The molecule has 14 heteroatoms. The van der Waals surface area contributed by atoms with Crippen LogP contribution in [0.1, 0.15) is 5.56 Å². The zero-order valence-electron chi connectivity index (χ0n) is 19.1. The first-order chi connectivity index (χ1) is 17.0. The summed E-state index contributed by atoms with van der Waals surface area (Å²) in [6.45, 7) is 2.73. The fraction of sp³-hybridized carbons (Fsp3) is 0.409. The molecule has 2 aromatic carbocycles. The number of hydrogen-bond donors (Lipinski definition) is 0. The molecule has 0 spiro atoms. The van der Waals surface area contributed by atoms with Crippen LogP contribution in [0.15, 0.2) is 42.5 Å². The molecule has 0 atom stereocenters. The van der Waals surface area contributed by atoms with Crippen LogP contribution in [0, 0.1) is 20.2 Å². The van der Waals surface area contributed by atoms with Gasteiger partial charge in [-0.25, -0.2) is 4.79 Å². The fourth-order valence-corrected chi connectivity index (χ4v) is 4.42. The van der Waals surface area contributed by atoms with E-state index in [1.54, 1.807) is 21.9 Å². The number of carbonyl (C=O) groups excluding carboxylic acids is 1. The number of nitro groups is 2. The summed E-state index contributed by atoms with van der Waals surface area (Å²) in [5.74, 6) is 0. The summed E-state index contributed by atoms with van der Waals surface area (Å²) >= 11 is 0. The standard InChI is InChI=1S/C22H23F3N6O5/c23-22(24,25)19-15-18(31(35)36)5-6-20(19)27-9-13-29(14-10-27)21(32)28-11-7-26(8-12-28)16-1-3-17(4-2-16)30(33)34/h1-6,15H,7-14H2. The predicted molar refractivity (Wildman–Crippen MR) is 124 cm³/mol. The van der Waals surface area contributed by atoms with E-state index in [-0.39, 0.29) is 43.6 Å². The molecule has 2 aliphatic heterocycles. The molecule has 0 radical (unpaired) electrons. The zero-order chi connectivity index (χ0) is 26.0. The number of halogens is 3. The van der Waals surface area contributed by atoms with Gasteiger partial charge in [-0.15, -0.1) is 0 Å². The van der Waals surface area contributed by atoms with Crippen LogP contribution < -0.4 is 9.80 Å². The van der Waals surface area contributed by atoms with Crippen molar-refractivity contribution in [3.8, 4) is 0 Å². The van der Waals surface area contributed by atoms with Crippen molar-refractivity contribution in [3.05, 3.63) is 68.3 Å². The topological polar surface area (TPSA) is 116 Å². The highest BCUT2D eigenvalue weighted by Crippen LogP contribution is 2.39. The number of anilines is 2. The van der Waals surface area contributed by atoms with Crippen LogP contribution in [-0.2, 0) is 6.18 Å². The Morgan fingerprint density at radius 2 is 1.19 bits per heavy atom. The maximum absolute atomic E-state index is 13.5. The molecule has 0 aliphatic carbocycles. The molecule has 2 heterocycles. The molecule has 36 heavy (non-hydrogen) atoms. The summed E-state index contributed by atoms with van der Waals surface area (Å²) in [6, 6.07) is 8.70. The molecular weight excluding hydrogens is 485 g/mol. The summed E-state index contributed by atoms with van der Waals surface area (Å²) in [5.41, 5.74) is -1.02. The monoisotopic (exact) mass is 508 g/mol. The van der Waals surface area contributed by atoms with E-state index >= 15 is 0 Å². The van der Waals surface area contributed by atoms with E-state index in [9.17, 15) is 38.2 Å². The average molecular weight is 508 g/mol. The number of benzene rings is 2. The van der Waals surface area contributed by atoms with Gasteiger partial charge >= 0.3 is 12.2 Å². The Labute approximate surface area is 203 Å². The molecule has 2 saturated heterocycles. The summed E-state index contributed by atoms with van der Waals surface area (Å²) < 4.78 is 40.6. The maximum Gasteiger partial charge on any atom is 0.418 e. The van der Waals surface area contributed by atoms with Gasteiger partial charge in [0.2, 0.25) is 0 Å². The molecule has 0 unspecified atom stereocenters. The molecule has 2 aromatic rings. The minimum absolute atomic E-state index is 0.00258. The van der Waals surface area contributed by atoms with Gasteiger partial charge in [0.05, 0.1) is 15.4 Å². The van der Waals surface area contributed by atoms with Crippen LogP contribution in [-0.4, -0.2) is 78.0 Å². The van der Waals surface area contributed by atoms with Crippen molar-refractivity contribution in [2.45, 2.75) is 6.18 Å². The van der Waals surface area contributed by atoms with E-state index in [1.165, 1.54) is 17.0 Å². The Balaban J connectivity index is 1.34. The molecule has 2 amide bonds. The minimum Gasteiger partial charge on any atom is -0.368 e. The molecular formula is C22H23F3N6O5. The van der Waals surface area contributed by atoms with Crippen molar-refractivity contribution in [1.82, 2.24) is 9.80 Å². The Kier molecular flexibility index (Phi) is 6.86. The van der Waals surface area contributed by atoms with Crippen molar-refractivity contribution in [3.63, 3.8) is 0 Å². The lowest BCUT2D eigenvalue weighted by Gasteiger charge is -2.42. The third kappa shape index (κ3) is 5.26. The van der Waals surface area contributed by atoms with Gasteiger partial charge in [0.15, 0.2) is 0 Å². The Hall–Kier alpha value is -4.10. The second-order valence-electron chi connectivity index (χ2n) is 8.46. The molecule has 0 N–H and O–H groups in total. The number of nitro benzene ring substituents is 2. The molecule has 0 bridgehead atoms. The van der Waals surface area contributed by atoms with E-state index in [0.717, 1.165) is 17.8 Å². The van der Waals surface area contributed by atoms with Gasteiger partial charge in [0.1, 0.15) is 0 Å². The SMILES string of the molecule is O=C(N1CCN(c2ccc([N+](=O)[O-])cc2)CC1)N1CCN(c2ccc([N+](=O)[O-])cc2C(F)(F)F)CC1. The molecule has 192 valence electrons. The predicted octanol–water partition coefficient (Wildman–Crippen LogP) is 3.59. The van der Waals surface area contributed by atoms with E-state index in [4.69, 9.17) is 0 Å². The largest absolute Gasteiger partial charge is 0.418 e. The van der Waals surface area contributed by atoms with Gasteiger partial charge in [-0.05, 0) is 18.2 Å². The maximum atomic E-state index is 13.5. The van der Waals surface area contributed by atoms with Gasteiger partial charge in [-0.1, -0.05) is 0 Å². The number of piperazine rings is 2. The number of alkyl halides is 3. The van der Waals surface area contributed by atoms with Crippen LogP contribution >= 0.6 is 0 Å². The third-order valence-corrected chi connectivity index (χ3v) is 6.36. The summed E-state index contributed by atoms with van der Waals surface area (Å²) in [5, 5.41) is 21.7. The van der Waals surface area contributed by atoms with Crippen LogP contribution in [0.3, 0.4) is 0 Å². The highest BCUT2D eigenvalue weighted by atomic mass is 19.4. The highest BCUT2D eigenvalue weighted by molar-refractivity contribution is 5.75. The second kappa shape index (κ2) is 9.87. The van der Waals surface area contributed by atoms with E-state index in [0.29, 0.717) is 32.2 Å². The van der Waals surface area contributed by atoms with Gasteiger partial charge in [0, 0.05) is 88.0 Å². The number of urea groups is 1. The van der Waals surface area contributed by atoms with Crippen molar-refractivity contribution in [2.24, 2.45) is 0 Å². The molecule has 0 aromatic heterocycles. The Bertz CT molecular complexity index is 1140. The van der Waals surface area contributed by atoms with E-state index in [1.807, 2.05) is 4.90 Å². The molecule has 0 saturated carbocycles. The quantitative estimate of drug-likeness (QED) is 0.458. The van der Waals surface area contributed by atoms with Crippen molar-refractivity contribution >= 4 is 28.8 Å². The molecule has 4 rings (SSSR count). The molecule has 11 nitrogen and oxygen atoms in total. The van der Waals surface area contributed by atoms with Gasteiger partial charge < -0.3 is 19.6 Å². The van der Waals surface area contributed by atoms with E-state index < -0.39 is 27.3 Å². The summed E-state index contributed by atoms with van der Waals surface area (Å²) in [7, 11) is 0. The zero-order valence-corrected chi connectivity index (χ0v) is 19.1. The Morgan fingerprint density at radius 3 is 1.67 bits per heavy atom. The number of non-ortho nitro benzene ring substituents is 2. The first-order valence-corrected chi connectivity index (χ1v) is 11.2. The Morgan fingerprint density at radius 1 is 0.722 bits per heavy atom. The smallest absolute Gasteiger partial charge is 0.368 e. The minimum atomic E-state index is -4.75. The second-order valence-corrected chi connectivity index (χ2v) is 8.46. The summed E-state index contributed by atoms with van der Waals surface area (Å²) in [6.07, 6.45) is -4.75. The van der Waals surface area contributed by atoms with E-state index in [2.05, 4.69) is 0 Å². The van der Waals surface area contributed by atoms with Crippen LogP contribution in [0.25, 0.3) is 0 Å². The van der Waals surface area contributed by atoms with Crippen LogP contribution in [0.2, 0.25) is 0 Å². The fourth-order valence-electron chi connectivity index (χ4n) is 4.42. The number of hydrogen-bond acceptors (Lipinski definition) is 7. The highest BCUT2D eigenvalue weighted by Gasteiger charge is 2.37. The number of nitrogens with zero attached hydrogens (tertiary/aromatic N) is 6. The average Bonchev–Trinajstić information content (AvgIpc) is 2.87. The van der Waals surface area contributed by atoms with Crippen molar-refractivity contribution < 1.29 is 27.8 Å². The number of carbonyl (C=O) groups is 1. The van der Waals surface area contributed by atoms with Gasteiger partial charge in [-0.2, -0.15) is 13.2 Å². The van der Waals surface area contributed by atoms with Crippen LogP contribution in [0.4, 0.5) is 40.7 Å². The third-order valence-electron chi connectivity index (χ3n) is 6.36. The normalized spacial score (nSPS) is 16.8. The van der Waals surface area contributed by atoms with Gasteiger partial charge in [-0.3, -0.25) is 20.2 Å². The summed E-state index contributed by atoms with van der Waals surface area (Å²) in [4.78, 5) is 40.2.